The predicted molar refractivity (Wildman–Crippen MR) is 238 cm³/mol. The molecular formula is C47H70F6N4O10. The molecule has 2 saturated heterocycles. The highest BCUT2D eigenvalue weighted by molar-refractivity contribution is 5.76. The number of benzene rings is 2. The average Bonchev–Trinajstić information content (AvgIpc) is 3.21. The molecule has 14 nitrogen and oxygen atoms in total. The Morgan fingerprint density at radius 2 is 0.925 bits per heavy atom. The topological polar surface area (TPSA) is 148 Å². The zero-order valence-corrected chi connectivity index (χ0v) is 41.1. The molecule has 0 unspecified atom stereocenters. The van der Waals surface area contributed by atoms with E-state index in [0.29, 0.717) is 69.6 Å². The number of halogens is 6. The minimum Gasteiger partial charge on any atom is -0.508 e. The lowest BCUT2D eigenvalue weighted by Gasteiger charge is -2.35. The lowest BCUT2D eigenvalue weighted by Crippen LogP contribution is -2.49. The standard InChI is InChI=1S/C23H33F3N2O5.C17H23F3N2O3.C7H14O2/c1-21(2,3)33-20(30)28-9-7-27(8-10-28)14-16-11-17(23(24,25)26)13-18(12-16)32-15-22(4,5)19(29)31-6;1-16(2,3)25-15(24)22-6-4-21(5-7-22)11-12-8-13(17(18,19)20)10-14(23)9-12;1-5-7(2,3)6(8)9-4/h11-13H,7-10,14-15H2,1-6H3;8-10,23H,4-7,11H2,1-3H3;5H2,1-4H3. The number of hydrogen-bond donors (Lipinski definition) is 1. The van der Waals surface area contributed by atoms with Crippen molar-refractivity contribution in [2.75, 3.05) is 73.2 Å². The van der Waals surface area contributed by atoms with Crippen molar-refractivity contribution in [2.24, 2.45) is 10.8 Å². The first-order chi connectivity index (χ1) is 30.6. The van der Waals surface area contributed by atoms with Crippen LogP contribution in [0.5, 0.6) is 11.5 Å². The number of hydrogen-bond acceptors (Lipinski definition) is 12. The third kappa shape index (κ3) is 20.4. The van der Waals surface area contributed by atoms with Crippen LogP contribution in [-0.2, 0) is 54.0 Å². The summed E-state index contributed by atoms with van der Waals surface area (Å²) in [4.78, 5) is 54.0. The molecule has 2 aromatic rings. The van der Waals surface area contributed by atoms with Crippen LogP contribution in [0.3, 0.4) is 0 Å². The van der Waals surface area contributed by atoms with Gasteiger partial charge in [0.05, 0.1) is 36.2 Å². The van der Waals surface area contributed by atoms with E-state index in [2.05, 4.69) is 4.74 Å². The molecular weight excluding hydrogens is 895 g/mol. The van der Waals surface area contributed by atoms with E-state index in [1.54, 1.807) is 71.3 Å². The molecule has 4 rings (SSSR count). The number of methoxy groups -OCH3 is 2. The van der Waals surface area contributed by atoms with Gasteiger partial charge in [-0.05, 0) is 123 Å². The van der Waals surface area contributed by atoms with Gasteiger partial charge in [-0.3, -0.25) is 19.4 Å². The van der Waals surface area contributed by atoms with Crippen molar-refractivity contribution in [3.05, 3.63) is 58.7 Å². The summed E-state index contributed by atoms with van der Waals surface area (Å²) >= 11 is 0. The van der Waals surface area contributed by atoms with Gasteiger partial charge in [-0.1, -0.05) is 6.92 Å². The fourth-order valence-electron chi connectivity index (χ4n) is 6.29. The van der Waals surface area contributed by atoms with Crippen LogP contribution in [0.4, 0.5) is 35.9 Å². The van der Waals surface area contributed by atoms with Crippen molar-refractivity contribution in [3.8, 4) is 11.5 Å². The molecule has 0 spiro atoms. The Labute approximate surface area is 390 Å². The summed E-state index contributed by atoms with van der Waals surface area (Å²) in [6, 6.07) is 6.65. The van der Waals surface area contributed by atoms with Gasteiger partial charge in [-0.2, -0.15) is 26.3 Å². The van der Waals surface area contributed by atoms with Crippen LogP contribution in [0.15, 0.2) is 36.4 Å². The summed E-state index contributed by atoms with van der Waals surface area (Å²) in [6.45, 7) is 23.9. The van der Waals surface area contributed by atoms with Gasteiger partial charge in [-0.25, -0.2) is 9.59 Å². The minimum absolute atomic E-state index is 0.0317. The molecule has 0 aliphatic carbocycles. The maximum Gasteiger partial charge on any atom is 0.416 e. The largest absolute Gasteiger partial charge is 0.508 e. The van der Waals surface area contributed by atoms with E-state index in [0.717, 1.165) is 24.6 Å². The van der Waals surface area contributed by atoms with Gasteiger partial charge in [-0.15, -0.1) is 0 Å². The Morgan fingerprint density at radius 1 is 0.552 bits per heavy atom. The van der Waals surface area contributed by atoms with E-state index < -0.39 is 57.9 Å². The number of amides is 2. The molecule has 1 N–H and O–H groups in total. The van der Waals surface area contributed by atoms with Gasteiger partial charge in [0.15, 0.2) is 0 Å². The fourth-order valence-corrected chi connectivity index (χ4v) is 6.29. The van der Waals surface area contributed by atoms with Crippen LogP contribution in [-0.4, -0.2) is 133 Å². The highest BCUT2D eigenvalue weighted by atomic mass is 19.4. The number of ether oxygens (including phenoxy) is 5. The summed E-state index contributed by atoms with van der Waals surface area (Å²) in [5.74, 6) is -1.02. The van der Waals surface area contributed by atoms with Gasteiger partial charge in [0.2, 0.25) is 0 Å². The molecule has 67 heavy (non-hydrogen) atoms. The Kier molecular flexibility index (Phi) is 20.7. The van der Waals surface area contributed by atoms with Crippen molar-refractivity contribution in [1.29, 1.82) is 0 Å². The molecule has 2 heterocycles. The molecule has 2 fully saturated rings. The van der Waals surface area contributed by atoms with E-state index in [4.69, 9.17) is 18.9 Å². The van der Waals surface area contributed by atoms with E-state index in [-0.39, 0.29) is 42.9 Å². The molecule has 20 heteroatoms. The van der Waals surface area contributed by atoms with Gasteiger partial charge >= 0.3 is 36.5 Å². The maximum atomic E-state index is 13.5. The van der Waals surface area contributed by atoms with Crippen LogP contribution in [0, 0.1) is 10.8 Å². The van der Waals surface area contributed by atoms with Crippen LogP contribution in [0.2, 0.25) is 0 Å². The Balaban J connectivity index is 0.000000398. The number of carbonyl (C=O) groups excluding carboxylic acids is 4. The second kappa shape index (κ2) is 23.8. The lowest BCUT2D eigenvalue weighted by molar-refractivity contribution is -0.152. The number of phenolic OH excluding ortho intramolecular Hbond substituents is 1. The normalized spacial score (nSPS) is 15.6. The van der Waals surface area contributed by atoms with Crippen LogP contribution in [0.1, 0.15) is 105 Å². The monoisotopic (exact) mass is 964 g/mol. The Bertz CT molecular complexity index is 1950. The number of carbonyl (C=O) groups is 4. The van der Waals surface area contributed by atoms with Gasteiger partial charge in [0.1, 0.15) is 29.3 Å². The van der Waals surface area contributed by atoms with Crippen LogP contribution < -0.4 is 4.74 Å². The van der Waals surface area contributed by atoms with Crippen molar-refractivity contribution in [2.45, 2.75) is 119 Å². The van der Waals surface area contributed by atoms with Gasteiger partial charge in [0.25, 0.3) is 0 Å². The van der Waals surface area contributed by atoms with E-state index in [9.17, 15) is 50.6 Å². The maximum absolute atomic E-state index is 13.5. The van der Waals surface area contributed by atoms with Crippen molar-refractivity contribution >= 4 is 24.1 Å². The van der Waals surface area contributed by atoms with E-state index >= 15 is 0 Å². The van der Waals surface area contributed by atoms with Gasteiger partial charge in [0, 0.05) is 65.4 Å². The summed E-state index contributed by atoms with van der Waals surface area (Å²) in [5.41, 5.74) is -3.35. The second-order valence-corrected chi connectivity index (χ2v) is 19.6. The fraction of sp³-hybridized carbons (Fsp3) is 0.660. The Morgan fingerprint density at radius 3 is 1.27 bits per heavy atom. The first-order valence-electron chi connectivity index (χ1n) is 21.9. The number of aromatic hydroxyl groups is 1. The summed E-state index contributed by atoms with van der Waals surface area (Å²) in [5, 5.41) is 9.52. The SMILES string of the molecule is CC(C)(C)OC(=O)N1CCN(Cc2cc(O)cc(C(F)(F)F)c2)CC1.CCC(C)(C)C(=O)OC.COC(=O)C(C)(C)COc1cc(CN2CCN(C(=O)OC(C)(C)C)CC2)cc(C(F)(F)F)c1. The zero-order valence-electron chi connectivity index (χ0n) is 41.1. The first-order valence-corrected chi connectivity index (χ1v) is 21.9. The molecule has 2 amide bonds. The van der Waals surface area contributed by atoms with Crippen LogP contribution >= 0.6 is 0 Å². The number of phenols is 1. The number of nitrogens with zero attached hydrogens (tertiary/aromatic N) is 4. The molecule has 0 radical (unpaired) electrons. The molecule has 0 saturated carbocycles. The number of rotatable bonds is 10. The van der Waals surface area contributed by atoms with E-state index in [1.807, 2.05) is 30.6 Å². The Hall–Kier alpha value is -4.98. The average molecular weight is 965 g/mol. The third-order valence-electron chi connectivity index (χ3n) is 10.4. The smallest absolute Gasteiger partial charge is 0.416 e. The molecule has 2 aliphatic heterocycles. The second-order valence-electron chi connectivity index (χ2n) is 19.6. The summed E-state index contributed by atoms with van der Waals surface area (Å²) in [6.07, 6.45) is -9.00. The van der Waals surface area contributed by atoms with Crippen molar-refractivity contribution < 1.29 is 74.3 Å². The highest BCUT2D eigenvalue weighted by Gasteiger charge is 2.35. The number of alkyl halides is 6. The van der Waals surface area contributed by atoms with E-state index in [1.165, 1.54) is 20.3 Å². The molecule has 2 aromatic carbocycles. The van der Waals surface area contributed by atoms with Crippen LogP contribution in [0.25, 0.3) is 0 Å². The molecule has 0 bridgehead atoms. The number of piperazine rings is 2. The minimum atomic E-state index is -4.54. The van der Waals surface area contributed by atoms with Crippen molar-refractivity contribution in [3.63, 3.8) is 0 Å². The predicted octanol–water partition coefficient (Wildman–Crippen LogP) is 9.40. The number of esters is 2. The summed E-state index contributed by atoms with van der Waals surface area (Å²) < 4.78 is 104. The first kappa shape index (κ1) is 58.1. The zero-order chi connectivity index (χ0) is 51.3. The lowest BCUT2D eigenvalue weighted by atomic mass is 9.91. The molecule has 0 aromatic heterocycles. The summed E-state index contributed by atoms with van der Waals surface area (Å²) in [7, 11) is 2.66. The third-order valence-corrected chi connectivity index (χ3v) is 10.4. The highest BCUT2D eigenvalue weighted by Crippen LogP contribution is 2.35. The quantitative estimate of drug-likeness (QED) is 0.137. The van der Waals surface area contributed by atoms with Gasteiger partial charge < -0.3 is 38.6 Å². The molecule has 380 valence electrons. The molecule has 0 atom stereocenters. The van der Waals surface area contributed by atoms with Crippen molar-refractivity contribution in [1.82, 2.24) is 19.6 Å². The molecule has 2 aliphatic rings.